The predicted molar refractivity (Wildman–Crippen MR) is 78.8 cm³/mol. The van der Waals surface area contributed by atoms with Gasteiger partial charge >= 0.3 is 0 Å². The minimum Gasteiger partial charge on any atom is -0.388 e. The van der Waals surface area contributed by atoms with Gasteiger partial charge in [0.25, 0.3) is 0 Å². The van der Waals surface area contributed by atoms with Crippen molar-refractivity contribution in [3.8, 4) is 0 Å². The summed E-state index contributed by atoms with van der Waals surface area (Å²) in [5.41, 5.74) is 6.27. The van der Waals surface area contributed by atoms with Crippen molar-refractivity contribution >= 4 is 34.8 Å². The first kappa shape index (κ1) is 14.2. The molecule has 4 nitrogen and oxygen atoms in total. The van der Waals surface area contributed by atoms with Crippen LogP contribution in [0.2, 0.25) is 0 Å². The third-order valence-corrected chi connectivity index (χ3v) is 3.54. The van der Waals surface area contributed by atoms with Gasteiger partial charge in [-0.15, -0.1) is 0 Å². The van der Waals surface area contributed by atoms with Gasteiger partial charge in [-0.2, -0.15) is 11.8 Å². The van der Waals surface area contributed by atoms with Crippen molar-refractivity contribution in [3.05, 3.63) is 18.1 Å². The zero-order valence-electron chi connectivity index (χ0n) is 10.4. The first-order valence-electron chi connectivity index (χ1n) is 5.44. The van der Waals surface area contributed by atoms with Crippen LogP contribution in [-0.2, 0) is 0 Å². The first-order chi connectivity index (χ1) is 8.11. The van der Waals surface area contributed by atoms with E-state index < -0.39 is 0 Å². The Labute approximate surface area is 112 Å². The molecule has 1 unspecified atom stereocenters. The number of hydrogen-bond acceptors (Lipinski definition) is 5. The molecule has 1 rings (SSSR count). The number of hydrogen-bond donors (Lipinski definition) is 1. The fourth-order valence-corrected chi connectivity index (χ4v) is 2.62. The maximum atomic E-state index is 5.66. The molecule has 0 bridgehead atoms. The molecular formula is C11H18N4S2. The zero-order valence-corrected chi connectivity index (χ0v) is 12.0. The number of thiocarbonyl (C=S) groups is 1. The molecule has 0 fully saturated rings. The molecule has 2 N–H and O–H groups in total. The lowest BCUT2D eigenvalue weighted by Gasteiger charge is -2.28. The van der Waals surface area contributed by atoms with Crippen LogP contribution in [0.4, 0.5) is 5.82 Å². The highest BCUT2D eigenvalue weighted by molar-refractivity contribution is 7.98. The van der Waals surface area contributed by atoms with Crippen molar-refractivity contribution in [1.82, 2.24) is 9.97 Å². The van der Waals surface area contributed by atoms with Gasteiger partial charge in [-0.1, -0.05) is 19.1 Å². The van der Waals surface area contributed by atoms with Crippen LogP contribution in [0.25, 0.3) is 0 Å². The molecule has 6 heteroatoms. The standard InChI is InChI=1S/C11H18N4S2/c1-4-8(7-17-3)15(2)11-9(10(12)16)13-5-6-14-11/h5-6,8H,4,7H2,1-3H3,(H2,12,16). The lowest BCUT2D eigenvalue weighted by atomic mass is 10.2. The predicted octanol–water partition coefficient (Wildman–Crippen LogP) is 1.69. The third kappa shape index (κ3) is 3.54. The highest BCUT2D eigenvalue weighted by Crippen LogP contribution is 2.19. The van der Waals surface area contributed by atoms with Gasteiger partial charge < -0.3 is 10.6 Å². The molecule has 0 aromatic carbocycles. The minimum absolute atomic E-state index is 0.291. The highest BCUT2D eigenvalue weighted by atomic mass is 32.2. The molecule has 0 aliphatic heterocycles. The molecule has 0 aliphatic rings. The van der Waals surface area contributed by atoms with Gasteiger partial charge in [0, 0.05) is 31.2 Å². The highest BCUT2D eigenvalue weighted by Gasteiger charge is 2.18. The number of nitrogens with zero attached hydrogens (tertiary/aromatic N) is 3. The lowest BCUT2D eigenvalue weighted by Crippen LogP contribution is -2.35. The van der Waals surface area contributed by atoms with Gasteiger partial charge in [0.15, 0.2) is 5.82 Å². The second kappa shape index (κ2) is 6.76. The maximum Gasteiger partial charge on any atom is 0.157 e. The number of nitrogens with two attached hydrogens (primary N) is 1. The number of thioether (sulfide) groups is 1. The molecule has 0 spiro atoms. The van der Waals surface area contributed by atoms with Crippen LogP contribution >= 0.6 is 24.0 Å². The Morgan fingerprint density at radius 1 is 1.53 bits per heavy atom. The molecule has 1 aromatic heterocycles. The van der Waals surface area contributed by atoms with Crippen LogP contribution in [0.3, 0.4) is 0 Å². The first-order valence-corrected chi connectivity index (χ1v) is 7.24. The van der Waals surface area contributed by atoms with Gasteiger partial charge in [-0.25, -0.2) is 9.97 Å². The van der Waals surface area contributed by atoms with E-state index >= 15 is 0 Å². The molecule has 1 atom stereocenters. The van der Waals surface area contributed by atoms with Gasteiger partial charge in [0.2, 0.25) is 0 Å². The van der Waals surface area contributed by atoms with Crippen molar-refractivity contribution in [2.75, 3.05) is 24.0 Å². The van der Waals surface area contributed by atoms with Gasteiger partial charge in [0.1, 0.15) is 10.7 Å². The zero-order chi connectivity index (χ0) is 12.8. The summed E-state index contributed by atoms with van der Waals surface area (Å²) in [6.45, 7) is 2.16. The summed E-state index contributed by atoms with van der Waals surface area (Å²) in [7, 11) is 2.01. The van der Waals surface area contributed by atoms with Crippen LogP contribution in [0.15, 0.2) is 12.4 Å². The van der Waals surface area contributed by atoms with E-state index in [9.17, 15) is 0 Å². The Kier molecular flexibility index (Phi) is 5.64. The SMILES string of the molecule is CCC(CSC)N(C)c1nccnc1C(N)=S. The van der Waals surface area contributed by atoms with Crippen molar-refractivity contribution in [1.29, 1.82) is 0 Å². The molecule has 1 aromatic rings. The van der Waals surface area contributed by atoms with Crippen LogP contribution in [0.5, 0.6) is 0 Å². The van der Waals surface area contributed by atoms with Gasteiger partial charge in [-0.05, 0) is 12.7 Å². The average Bonchev–Trinajstić information content (AvgIpc) is 2.35. The van der Waals surface area contributed by atoms with Crippen LogP contribution in [0, 0.1) is 0 Å². The van der Waals surface area contributed by atoms with Crippen LogP contribution < -0.4 is 10.6 Å². The average molecular weight is 270 g/mol. The molecule has 94 valence electrons. The summed E-state index contributed by atoms with van der Waals surface area (Å²) in [6, 6.07) is 0.412. The normalized spacial score (nSPS) is 12.2. The molecular weight excluding hydrogens is 252 g/mol. The Morgan fingerprint density at radius 3 is 2.71 bits per heavy atom. The molecule has 17 heavy (non-hydrogen) atoms. The molecule has 0 aliphatic carbocycles. The summed E-state index contributed by atoms with van der Waals surface area (Å²) in [6.07, 6.45) is 6.42. The van der Waals surface area contributed by atoms with E-state index in [1.54, 1.807) is 12.4 Å². The Morgan fingerprint density at radius 2 is 2.18 bits per heavy atom. The minimum atomic E-state index is 0.291. The summed E-state index contributed by atoms with van der Waals surface area (Å²) < 4.78 is 0. The van der Waals surface area contributed by atoms with Crippen molar-refractivity contribution in [2.45, 2.75) is 19.4 Å². The van der Waals surface area contributed by atoms with Crippen molar-refractivity contribution < 1.29 is 0 Å². The van der Waals surface area contributed by atoms with E-state index in [-0.39, 0.29) is 0 Å². The van der Waals surface area contributed by atoms with E-state index in [2.05, 4.69) is 28.0 Å². The second-order valence-corrected chi connectivity index (χ2v) is 5.07. The fourth-order valence-electron chi connectivity index (χ4n) is 1.63. The van der Waals surface area contributed by atoms with E-state index in [0.717, 1.165) is 18.0 Å². The smallest absolute Gasteiger partial charge is 0.157 e. The monoisotopic (exact) mass is 270 g/mol. The molecule has 0 amide bonds. The quantitative estimate of drug-likeness (QED) is 0.794. The van der Waals surface area contributed by atoms with Crippen LogP contribution in [0.1, 0.15) is 19.0 Å². The summed E-state index contributed by atoms with van der Waals surface area (Å²) in [5, 5.41) is 0. The topological polar surface area (TPSA) is 55.0 Å². The molecule has 0 saturated heterocycles. The van der Waals surface area contributed by atoms with Crippen LogP contribution in [-0.4, -0.2) is 40.1 Å². The molecule has 0 saturated carbocycles. The van der Waals surface area contributed by atoms with E-state index in [1.807, 2.05) is 18.8 Å². The van der Waals surface area contributed by atoms with Crippen molar-refractivity contribution in [3.63, 3.8) is 0 Å². The maximum absolute atomic E-state index is 5.66. The number of rotatable bonds is 6. The Hall–Kier alpha value is -0.880. The number of anilines is 1. The molecule has 1 heterocycles. The second-order valence-electron chi connectivity index (χ2n) is 3.72. The van der Waals surface area contributed by atoms with E-state index in [4.69, 9.17) is 18.0 Å². The molecule has 0 radical (unpaired) electrons. The summed E-state index contributed by atoms with van der Waals surface area (Å²) in [5.74, 6) is 1.81. The Balaban J connectivity index is 3.01. The van der Waals surface area contributed by atoms with E-state index in [0.29, 0.717) is 16.7 Å². The van der Waals surface area contributed by atoms with Crippen molar-refractivity contribution in [2.24, 2.45) is 5.73 Å². The lowest BCUT2D eigenvalue weighted by molar-refractivity contribution is 0.664. The Bertz CT molecular complexity index is 383. The van der Waals surface area contributed by atoms with Gasteiger partial charge in [-0.3, -0.25) is 0 Å². The van der Waals surface area contributed by atoms with E-state index in [1.165, 1.54) is 0 Å². The summed E-state index contributed by atoms with van der Waals surface area (Å²) >= 11 is 6.82. The largest absolute Gasteiger partial charge is 0.388 e. The third-order valence-electron chi connectivity index (χ3n) is 2.62. The fraction of sp³-hybridized carbons (Fsp3) is 0.545. The number of aromatic nitrogens is 2. The van der Waals surface area contributed by atoms with Gasteiger partial charge in [0.05, 0.1) is 0 Å². The summed E-state index contributed by atoms with van der Waals surface area (Å²) in [4.78, 5) is 10.9.